The van der Waals surface area contributed by atoms with Crippen molar-refractivity contribution >= 4 is 11.0 Å². The third-order valence-electron chi connectivity index (χ3n) is 6.73. The highest BCUT2D eigenvalue weighted by Crippen LogP contribution is 2.59. The molecule has 4 aliphatic carbocycles. The van der Waals surface area contributed by atoms with Crippen molar-refractivity contribution in [2.45, 2.75) is 64.0 Å². The largest absolute Gasteiger partial charge is 1.00 e. The maximum atomic E-state index is 2.70. The summed E-state index contributed by atoms with van der Waals surface area (Å²) in [5, 5.41) is 0. The molecule has 0 unspecified atom stereocenters. The van der Waals surface area contributed by atoms with E-state index in [1.807, 2.05) is 0 Å². The van der Waals surface area contributed by atoms with Gasteiger partial charge in [-0.15, -0.1) is 0 Å². The second-order valence-corrected chi connectivity index (χ2v) is 8.62. The zero-order chi connectivity index (χ0) is 14.9. The average molecular weight is 375 g/mol. The van der Waals surface area contributed by atoms with Crippen LogP contribution in [0.15, 0.2) is 30.6 Å². The first-order valence-electron chi connectivity index (χ1n) is 9.16. The summed E-state index contributed by atoms with van der Waals surface area (Å²) in [7, 11) is 0. The van der Waals surface area contributed by atoms with Crippen LogP contribution in [0.4, 0.5) is 0 Å². The maximum absolute atomic E-state index is 2.70. The molecule has 0 spiro atoms. The Morgan fingerprint density at radius 2 is 1.57 bits per heavy atom. The van der Waals surface area contributed by atoms with Crippen LogP contribution in [0.25, 0.3) is 11.0 Å². The Kier molecular flexibility index (Phi) is 3.64. The molecular weight excluding hydrogens is 348 g/mol. The van der Waals surface area contributed by atoms with Crippen LogP contribution in [-0.4, -0.2) is 4.57 Å². The van der Waals surface area contributed by atoms with Crippen molar-refractivity contribution in [3.05, 3.63) is 30.6 Å². The van der Waals surface area contributed by atoms with E-state index in [9.17, 15) is 0 Å². The van der Waals surface area contributed by atoms with E-state index in [0.717, 1.165) is 17.8 Å². The molecule has 4 aliphatic rings. The van der Waals surface area contributed by atoms with Gasteiger partial charge in [0.15, 0.2) is 11.0 Å². The van der Waals surface area contributed by atoms with E-state index in [1.54, 1.807) is 0 Å². The zero-order valence-electron chi connectivity index (χ0n) is 14.2. The number of benzene rings is 1. The third kappa shape index (κ3) is 2.22. The minimum Gasteiger partial charge on any atom is -1.00 e. The number of para-hydroxylation sites is 2. The lowest BCUT2D eigenvalue weighted by Gasteiger charge is -2.54. The number of fused-ring (bicyclic) bond motifs is 1. The van der Waals surface area contributed by atoms with E-state index in [4.69, 9.17) is 0 Å². The predicted molar refractivity (Wildman–Crippen MR) is 88.7 cm³/mol. The van der Waals surface area contributed by atoms with Crippen LogP contribution >= 0.6 is 0 Å². The van der Waals surface area contributed by atoms with Gasteiger partial charge in [-0.2, -0.15) is 0 Å². The highest BCUT2D eigenvalue weighted by atomic mass is 79.9. The van der Waals surface area contributed by atoms with E-state index in [2.05, 4.69) is 53.6 Å². The minimum atomic E-state index is 0. The van der Waals surface area contributed by atoms with Crippen LogP contribution in [0.5, 0.6) is 0 Å². The van der Waals surface area contributed by atoms with Crippen molar-refractivity contribution < 1.29 is 21.5 Å². The van der Waals surface area contributed by atoms with Gasteiger partial charge in [0.05, 0.1) is 6.04 Å². The number of hydrogen-bond donors (Lipinski definition) is 0. The summed E-state index contributed by atoms with van der Waals surface area (Å²) in [6, 6.07) is 9.56. The van der Waals surface area contributed by atoms with Crippen molar-refractivity contribution in [3.8, 4) is 0 Å². The second kappa shape index (κ2) is 5.34. The highest BCUT2D eigenvalue weighted by molar-refractivity contribution is 5.72. The summed E-state index contributed by atoms with van der Waals surface area (Å²) in [5.74, 6) is 3.00. The predicted octanol–water partition coefficient (Wildman–Crippen LogP) is 1.44. The fourth-order valence-electron chi connectivity index (χ4n) is 6.28. The van der Waals surface area contributed by atoms with Gasteiger partial charge in [0.25, 0.3) is 0 Å². The molecule has 2 nitrogen and oxygen atoms in total. The summed E-state index contributed by atoms with van der Waals surface area (Å²) in [6.45, 7) is 4.60. The molecule has 0 saturated heterocycles. The van der Waals surface area contributed by atoms with Crippen LogP contribution < -0.4 is 21.5 Å². The Labute approximate surface area is 149 Å². The number of hydrogen-bond acceptors (Lipinski definition) is 0. The number of aromatic nitrogens is 2. The van der Waals surface area contributed by atoms with Gasteiger partial charge in [-0.1, -0.05) is 12.1 Å². The molecule has 4 fully saturated rings. The molecule has 4 saturated carbocycles. The first kappa shape index (κ1) is 15.7. The van der Waals surface area contributed by atoms with E-state index in [0.29, 0.717) is 11.6 Å². The average Bonchev–Trinajstić information content (AvgIpc) is 2.86. The molecule has 1 aromatic heterocycles. The molecule has 0 aliphatic heterocycles. The Bertz CT molecular complexity index is 695. The van der Waals surface area contributed by atoms with E-state index in [-0.39, 0.29) is 17.0 Å². The Balaban J connectivity index is 0.00000135. The van der Waals surface area contributed by atoms with Crippen LogP contribution in [0, 0.1) is 17.8 Å². The molecule has 2 aromatic rings. The van der Waals surface area contributed by atoms with Gasteiger partial charge in [-0.3, -0.25) is 0 Å². The molecular formula is C20H27BrN2. The Morgan fingerprint density at radius 3 is 2.13 bits per heavy atom. The van der Waals surface area contributed by atoms with E-state index in [1.165, 1.54) is 49.6 Å². The van der Waals surface area contributed by atoms with Crippen LogP contribution in [0.3, 0.4) is 0 Å². The zero-order valence-corrected chi connectivity index (χ0v) is 15.8. The first-order chi connectivity index (χ1) is 10.6. The number of rotatable bonds is 2. The van der Waals surface area contributed by atoms with E-state index >= 15 is 0 Å². The third-order valence-corrected chi connectivity index (χ3v) is 6.73. The molecule has 4 bridgehead atoms. The molecule has 23 heavy (non-hydrogen) atoms. The lowest BCUT2D eigenvalue weighted by Crippen LogP contribution is -3.00. The van der Waals surface area contributed by atoms with Crippen molar-refractivity contribution in [1.82, 2.24) is 4.57 Å². The van der Waals surface area contributed by atoms with Gasteiger partial charge in [0.1, 0.15) is 5.54 Å². The van der Waals surface area contributed by atoms with Gasteiger partial charge in [-0.05, 0) is 82.3 Å². The van der Waals surface area contributed by atoms with Gasteiger partial charge in [0, 0.05) is 0 Å². The molecule has 1 aromatic carbocycles. The molecule has 6 rings (SSSR count). The van der Waals surface area contributed by atoms with Gasteiger partial charge >= 0.3 is 0 Å². The van der Waals surface area contributed by atoms with Crippen LogP contribution in [0.1, 0.15) is 58.4 Å². The molecule has 0 amide bonds. The van der Waals surface area contributed by atoms with Crippen LogP contribution in [0.2, 0.25) is 0 Å². The standard InChI is InChI=1S/C20H27N2.BrH/c1-14(2)21-13-22(19-6-4-3-5-18(19)21)20-10-15-7-16(11-20)9-17(8-15)12-20;/h3-6,13-17H,7-12H2,1-2H3;1H/q+1;/p-1. The molecule has 0 atom stereocenters. The normalized spacial score (nSPS) is 35.0. The fourth-order valence-corrected chi connectivity index (χ4v) is 6.28. The number of halogens is 1. The van der Waals surface area contributed by atoms with E-state index < -0.39 is 0 Å². The highest BCUT2D eigenvalue weighted by Gasteiger charge is 2.55. The smallest absolute Gasteiger partial charge is 0.245 e. The topological polar surface area (TPSA) is 8.81 Å². The van der Waals surface area contributed by atoms with Crippen molar-refractivity contribution in [2.75, 3.05) is 0 Å². The van der Waals surface area contributed by atoms with Gasteiger partial charge < -0.3 is 17.0 Å². The van der Waals surface area contributed by atoms with Crippen molar-refractivity contribution in [2.24, 2.45) is 17.8 Å². The van der Waals surface area contributed by atoms with Gasteiger partial charge in [0.2, 0.25) is 6.33 Å². The van der Waals surface area contributed by atoms with Crippen molar-refractivity contribution in [3.63, 3.8) is 0 Å². The SMILES string of the molecule is CC(C)[n+]1cn(C23CC4CC(CC(C4)C2)C3)c2ccccc21.[Br-]. The lowest BCUT2D eigenvalue weighted by atomic mass is 9.53. The lowest BCUT2D eigenvalue weighted by molar-refractivity contribution is -0.692. The molecule has 124 valence electrons. The fraction of sp³-hybridized carbons (Fsp3) is 0.650. The number of nitrogens with zero attached hydrogens (tertiary/aromatic N) is 2. The van der Waals surface area contributed by atoms with Crippen molar-refractivity contribution in [1.29, 1.82) is 0 Å². The second-order valence-electron chi connectivity index (χ2n) is 8.62. The van der Waals surface area contributed by atoms with Crippen LogP contribution in [-0.2, 0) is 5.54 Å². The van der Waals surface area contributed by atoms with Gasteiger partial charge in [-0.25, -0.2) is 9.13 Å². The molecule has 0 N–H and O–H groups in total. The number of imidazole rings is 1. The summed E-state index contributed by atoms with van der Waals surface area (Å²) in [5.41, 5.74) is 3.29. The molecule has 3 heteroatoms. The monoisotopic (exact) mass is 374 g/mol. The Morgan fingerprint density at radius 1 is 1.00 bits per heavy atom. The summed E-state index contributed by atoms with van der Waals surface area (Å²) >= 11 is 0. The summed E-state index contributed by atoms with van der Waals surface area (Å²) in [4.78, 5) is 0. The minimum absolute atomic E-state index is 0. The summed E-state index contributed by atoms with van der Waals surface area (Å²) in [6.07, 6.45) is 11.3. The summed E-state index contributed by atoms with van der Waals surface area (Å²) < 4.78 is 5.18. The first-order valence-corrected chi connectivity index (χ1v) is 9.16. The maximum Gasteiger partial charge on any atom is 0.245 e. The Hall–Kier alpha value is -0.830. The molecule has 0 radical (unpaired) electrons. The quantitative estimate of drug-likeness (QED) is 0.703. The molecule has 1 heterocycles.